The van der Waals surface area contributed by atoms with Gasteiger partial charge in [0.1, 0.15) is 24.2 Å². The minimum atomic E-state index is -1.08. The smallest absolute Gasteiger partial charge is 0.215 e. The number of nitrogens with zero attached hydrogens (tertiary/aromatic N) is 2. The molecule has 0 amide bonds. The molecule has 0 unspecified atom stereocenters. The maximum absolute atomic E-state index is 9.37. The number of hydrogen-bond acceptors (Lipinski definition) is 5. The van der Waals surface area contributed by atoms with Gasteiger partial charge in [0.05, 0.1) is 24.5 Å². The van der Waals surface area contributed by atoms with Crippen LogP contribution in [0.1, 0.15) is 5.56 Å². The van der Waals surface area contributed by atoms with Crippen LogP contribution in [0.2, 0.25) is 10.0 Å². The quantitative estimate of drug-likeness (QED) is 0.645. The van der Waals surface area contributed by atoms with Crippen molar-refractivity contribution in [2.75, 3.05) is 13.2 Å². The summed E-state index contributed by atoms with van der Waals surface area (Å²) in [6.07, 6.45) is 4.92. The fourth-order valence-electron chi connectivity index (χ4n) is 3.11. The normalized spacial score (nSPS) is 21.7. The molecule has 3 aromatic rings. The van der Waals surface area contributed by atoms with E-state index in [1.807, 2.05) is 16.8 Å². The maximum Gasteiger partial charge on any atom is 0.215 e. The molecule has 4 rings (SSSR count). The Morgan fingerprint density at radius 3 is 2.75 bits per heavy atom. The van der Waals surface area contributed by atoms with Gasteiger partial charge in [0.25, 0.3) is 0 Å². The number of aromatic hydroxyl groups is 1. The third kappa shape index (κ3) is 4.10. The Labute approximate surface area is 172 Å². The van der Waals surface area contributed by atoms with Crippen molar-refractivity contribution in [3.8, 4) is 11.5 Å². The van der Waals surface area contributed by atoms with Gasteiger partial charge in [-0.1, -0.05) is 29.3 Å². The Bertz CT molecular complexity index is 934. The molecule has 1 N–H and O–H groups in total. The molecule has 2 atom stereocenters. The van der Waals surface area contributed by atoms with Gasteiger partial charge >= 0.3 is 0 Å². The predicted molar refractivity (Wildman–Crippen MR) is 105 cm³/mol. The van der Waals surface area contributed by atoms with Crippen LogP contribution in [-0.4, -0.2) is 34.0 Å². The molecule has 0 radical (unpaired) electrons. The Morgan fingerprint density at radius 2 is 2.04 bits per heavy atom. The molecule has 0 aliphatic carbocycles. The third-order valence-electron chi connectivity index (χ3n) is 4.42. The van der Waals surface area contributed by atoms with E-state index in [1.165, 1.54) is 0 Å². The summed E-state index contributed by atoms with van der Waals surface area (Å²) in [5, 5.41) is 10.4. The molecule has 0 spiro atoms. The first-order valence-corrected chi connectivity index (χ1v) is 9.44. The zero-order chi connectivity index (χ0) is 19.6. The number of halogens is 2. The monoisotopic (exact) mass is 420 g/mol. The molecule has 1 fully saturated rings. The van der Waals surface area contributed by atoms with Crippen molar-refractivity contribution in [2.24, 2.45) is 0 Å². The van der Waals surface area contributed by atoms with E-state index in [9.17, 15) is 5.11 Å². The van der Waals surface area contributed by atoms with E-state index in [-0.39, 0.29) is 11.9 Å². The standard InChI is InChI=1S/C20H18Cl2N2O4/c21-14-1-6-18(19(22)9-14)20(12-24-8-7-23-13-24)27-11-17(28-20)10-26-16-4-2-15(25)3-5-16/h1-9,13,17,25H,10-12H2/t17-,20-/m1/s1. The number of phenolic OH excluding ortho intramolecular Hbond substituents is 1. The summed E-state index contributed by atoms with van der Waals surface area (Å²) in [5.74, 6) is -0.256. The lowest BCUT2D eigenvalue weighted by Gasteiger charge is -2.30. The van der Waals surface area contributed by atoms with Crippen LogP contribution in [0.3, 0.4) is 0 Å². The maximum atomic E-state index is 9.37. The number of benzene rings is 2. The summed E-state index contributed by atoms with van der Waals surface area (Å²) in [6, 6.07) is 11.8. The van der Waals surface area contributed by atoms with Crippen LogP contribution in [0.5, 0.6) is 11.5 Å². The summed E-state index contributed by atoms with van der Waals surface area (Å²) in [6.45, 7) is 1.01. The molecule has 6 nitrogen and oxygen atoms in total. The molecule has 146 valence electrons. The second-order valence-corrected chi connectivity index (χ2v) is 7.31. The van der Waals surface area contributed by atoms with Crippen molar-refractivity contribution in [3.63, 3.8) is 0 Å². The highest BCUT2D eigenvalue weighted by Gasteiger charge is 2.45. The van der Waals surface area contributed by atoms with Crippen LogP contribution in [0.4, 0.5) is 0 Å². The van der Waals surface area contributed by atoms with E-state index < -0.39 is 5.79 Å². The zero-order valence-electron chi connectivity index (χ0n) is 14.8. The summed E-state index contributed by atoms with van der Waals surface area (Å²) in [7, 11) is 0. The highest BCUT2D eigenvalue weighted by atomic mass is 35.5. The van der Waals surface area contributed by atoms with E-state index in [0.29, 0.717) is 41.1 Å². The Balaban J connectivity index is 1.54. The van der Waals surface area contributed by atoms with Gasteiger partial charge < -0.3 is 23.9 Å². The van der Waals surface area contributed by atoms with Crippen molar-refractivity contribution in [3.05, 3.63) is 76.8 Å². The molecule has 0 saturated carbocycles. The molecule has 1 aromatic heterocycles. The van der Waals surface area contributed by atoms with E-state index in [1.54, 1.807) is 48.9 Å². The molecule has 28 heavy (non-hydrogen) atoms. The lowest BCUT2D eigenvalue weighted by molar-refractivity contribution is -0.189. The molecule has 0 bridgehead atoms. The second kappa shape index (κ2) is 8.01. The molecule has 1 saturated heterocycles. The average Bonchev–Trinajstić information content (AvgIpc) is 3.32. The van der Waals surface area contributed by atoms with Crippen molar-refractivity contribution in [1.29, 1.82) is 0 Å². The fraction of sp³-hybridized carbons (Fsp3) is 0.250. The zero-order valence-corrected chi connectivity index (χ0v) is 16.3. The summed E-state index contributed by atoms with van der Waals surface area (Å²) < 4.78 is 20.1. The SMILES string of the molecule is Oc1ccc(OC[C@@H]2CO[C@@](Cn3ccnc3)(c3ccc(Cl)cc3Cl)O2)cc1. The van der Waals surface area contributed by atoms with E-state index >= 15 is 0 Å². The highest BCUT2D eigenvalue weighted by molar-refractivity contribution is 6.35. The van der Waals surface area contributed by atoms with Crippen molar-refractivity contribution in [1.82, 2.24) is 9.55 Å². The summed E-state index contributed by atoms with van der Waals surface area (Å²) >= 11 is 12.5. The summed E-state index contributed by atoms with van der Waals surface area (Å²) in [4.78, 5) is 4.08. The largest absolute Gasteiger partial charge is 0.508 e. The number of rotatable bonds is 6. The van der Waals surface area contributed by atoms with Gasteiger partial charge in [0, 0.05) is 23.0 Å². The van der Waals surface area contributed by atoms with Crippen molar-refractivity contribution >= 4 is 23.2 Å². The molecular weight excluding hydrogens is 403 g/mol. The second-order valence-electron chi connectivity index (χ2n) is 6.47. The molecule has 2 aromatic carbocycles. The number of imidazole rings is 1. The number of aromatic nitrogens is 2. The van der Waals surface area contributed by atoms with Crippen LogP contribution < -0.4 is 4.74 Å². The Morgan fingerprint density at radius 1 is 1.21 bits per heavy atom. The van der Waals surface area contributed by atoms with E-state index in [0.717, 1.165) is 0 Å². The summed E-state index contributed by atoms with van der Waals surface area (Å²) in [5.41, 5.74) is 0.694. The topological polar surface area (TPSA) is 65.7 Å². The average molecular weight is 421 g/mol. The molecule has 2 heterocycles. The minimum absolute atomic E-state index is 0.185. The molecule has 8 heteroatoms. The first kappa shape index (κ1) is 19.1. The third-order valence-corrected chi connectivity index (χ3v) is 4.97. The lowest BCUT2D eigenvalue weighted by Crippen LogP contribution is -2.34. The molecule has 1 aliphatic heterocycles. The minimum Gasteiger partial charge on any atom is -0.508 e. The molecule has 1 aliphatic rings. The first-order valence-electron chi connectivity index (χ1n) is 8.69. The van der Waals surface area contributed by atoms with Crippen LogP contribution >= 0.6 is 23.2 Å². The Hall–Kier alpha value is -2.25. The van der Waals surface area contributed by atoms with Gasteiger partial charge in [-0.3, -0.25) is 0 Å². The van der Waals surface area contributed by atoms with Gasteiger partial charge in [-0.05, 0) is 36.4 Å². The highest BCUT2D eigenvalue weighted by Crippen LogP contribution is 2.40. The predicted octanol–water partition coefficient (Wildman–Crippen LogP) is 4.24. The number of hydrogen-bond donors (Lipinski definition) is 1. The van der Waals surface area contributed by atoms with Gasteiger partial charge in [-0.25, -0.2) is 4.98 Å². The number of phenols is 1. The van der Waals surface area contributed by atoms with Gasteiger partial charge in [0.2, 0.25) is 5.79 Å². The van der Waals surface area contributed by atoms with Crippen molar-refractivity contribution in [2.45, 2.75) is 18.4 Å². The van der Waals surface area contributed by atoms with Crippen LogP contribution in [0, 0.1) is 0 Å². The fourth-order valence-corrected chi connectivity index (χ4v) is 3.66. The van der Waals surface area contributed by atoms with E-state index in [2.05, 4.69) is 4.98 Å². The van der Waals surface area contributed by atoms with Gasteiger partial charge in [-0.2, -0.15) is 0 Å². The van der Waals surface area contributed by atoms with Crippen LogP contribution in [-0.2, 0) is 21.8 Å². The van der Waals surface area contributed by atoms with Crippen molar-refractivity contribution < 1.29 is 19.3 Å². The molecular formula is C20H18Cl2N2O4. The van der Waals surface area contributed by atoms with Crippen LogP contribution in [0.25, 0.3) is 0 Å². The Kier molecular flexibility index (Phi) is 5.46. The van der Waals surface area contributed by atoms with Crippen LogP contribution in [0.15, 0.2) is 61.2 Å². The van der Waals surface area contributed by atoms with Gasteiger partial charge in [0.15, 0.2) is 0 Å². The lowest BCUT2D eigenvalue weighted by atomic mass is 10.1. The van der Waals surface area contributed by atoms with Gasteiger partial charge in [-0.15, -0.1) is 0 Å². The van der Waals surface area contributed by atoms with E-state index in [4.69, 9.17) is 37.4 Å². The first-order chi connectivity index (χ1) is 13.5. The number of ether oxygens (including phenoxy) is 3.